The predicted octanol–water partition coefficient (Wildman–Crippen LogP) is 8.72. The monoisotopic (exact) mass is 617 g/mol. The van der Waals surface area contributed by atoms with Crippen LogP contribution < -0.4 is 20.1 Å². The Kier molecular flexibility index (Phi) is 9.13. The number of halogens is 3. The predicted molar refractivity (Wildman–Crippen MR) is 161 cm³/mol. The number of urea groups is 1. The highest BCUT2D eigenvalue weighted by atomic mass is 35.5. The third-order valence-corrected chi connectivity index (χ3v) is 7.04. The van der Waals surface area contributed by atoms with Gasteiger partial charge in [0.15, 0.2) is 0 Å². The van der Waals surface area contributed by atoms with E-state index in [1.54, 1.807) is 64.2 Å². The number of carbonyl (C=O) groups excluding carboxylic acids is 2. The lowest BCUT2D eigenvalue weighted by Crippen LogP contribution is -2.45. The van der Waals surface area contributed by atoms with Crippen molar-refractivity contribution in [3.63, 3.8) is 0 Å². The average Bonchev–Trinajstić information content (AvgIpc) is 2.86. The molecule has 1 heterocycles. The number of amides is 3. The molecule has 1 atom stereocenters. The molecular weight excluding hydrogens is 584 g/mol. The van der Waals surface area contributed by atoms with Gasteiger partial charge in [-0.3, -0.25) is 5.32 Å². The number of hydrogen-bond acceptors (Lipinski definition) is 5. The van der Waals surface area contributed by atoms with Crippen LogP contribution in [0.1, 0.15) is 58.2 Å². The van der Waals surface area contributed by atoms with Gasteiger partial charge in [0.05, 0.1) is 22.6 Å². The zero-order valence-corrected chi connectivity index (χ0v) is 25.8. The molecular formula is C31H34Cl2FN3O5. The number of carbonyl (C=O) groups is 2. The minimum atomic E-state index is -0.652. The zero-order valence-electron chi connectivity index (χ0n) is 24.3. The van der Waals surface area contributed by atoms with Crippen molar-refractivity contribution in [2.45, 2.75) is 64.8 Å². The third kappa shape index (κ3) is 8.20. The van der Waals surface area contributed by atoms with E-state index in [1.807, 2.05) is 13.8 Å². The average molecular weight is 619 g/mol. The molecule has 1 aliphatic heterocycles. The number of hydrogen-bond donors (Lipinski definition) is 2. The van der Waals surface area contributed by atoms with Gasteiger partial charge in [-0.1, -0.05) is 23.2 Å². The number of fused-ring (bicyclic) bond motifs is 1. The van der Waals surface area contributed by atoms with Gasteiger partial charge in [-0.15, -0.1) is 0 Å². The molecule has 0 saturated carbocycles. The van der Waals surface area contributed by atoms with E-state index in [4.69, 9.17) is 37.4 Å². The second-order valence-corrected chi connectivity index (χ2v) is 12.5. The van der Waals surface area contributed by atoms with Crippen molar-refractivity contribution in [1.82, 2.24) is 10.2 Å². The smallest absolute Gasteiger partial charge is 0.412 e. The van der Waals surface area contributed by atoms with Crippen molar-refractivity contribution >= 4 is 41.0 Å². The van der Waals surface area contributed by atoms with Crippen LogP contribution in [-0.4, -0.2) is 35.3 Å². The fourth-order valence-electron chi connectivity index (χ4n) is 4.51. The first-order chi connectivity index (χ1) is 19.6. The van der Waals surface area contributed by atoms with E-state index >= 15 is 0 Å². The fourth-order valence-corrected chi connectivity index (χ4v) is 4.80. The van der Waals surface area contributed by atoms with Gasteiger partial charge in [0.1, 0.15) is 34.3 Å². The summed E-state index contributed by atoms with van der Waals surface area (Å²) in [7, 11) is 1.61. The van der Waals surface area contributed by atoms with E-state index < -0.39 is 29.2 Å². The molecule has 224 valence electrons. The van der Waals surface area contributed by atoms with E-state index in [0.717, 1.165) is 0 Å². The Morgan fingerprint density at radius 2 is 1.81 bits per heavy atom. The van der Waals surface area contributed by atoms with Crippen molar-refractivity contribution in [2.24, 2.45) is 0 Å². The Labute approximate surface area is 255 Å². The van der Waals surface area contributed by atoms with Crippen molar-refractivity contribution in [3.8, 4) is 17.2 Å². The maximum atomic E-state index is 14.2. The maximum absolute atomic E-state index is 14.2. The van der Waals surface area contributed by atoms with Crippen molar-refractivity contribution in [2.75, 3.05) is 12.4 Å². The molecule has 3 amide bonds. The third-order valence-electron chi connectivity index (χ3n) is 6.31. The van der Waals surface area contributed by atoms with Crippen LogP contribution in [0, 0.1) is 5.82 Å². The molecule has 8 nitrogen and oxygen atoms in total. The standard InChI is InChI=1S/C31H34Cl2FN3O5/c1-30(2,3)42-29(39)35-20-8-12-27-22(14-20)25(16-31(4,5)41-27)36-28(38)37(6)17-18-13-19(34)7-11-26(18)40-21-9-10-23(32)24(33)15-21/h7-15,25H,16-17H2,1-6H3,(H,35,39)(H,36,38). The van der Waals surface area contributed by atoms with Crippen LogP contribution in [0.3, 0.4) is 0 Å². The Morgan fingerprint density at radius 3 is 2.50 bits per heavy atom. The molecule has 2 N–H and O–H groups in total. The van der Waals surface area contributed by atoms with Crippen LogP contribution in [0.2, 0.25) is 10.0 Å². The summed E-state index contributed by atoms with van der Waals surface area (Å²) in [6, 6.07) is 13.3. The number of ether oxygens (including phenoxy) is 3. The minimum absolute atomic E-state index is 0.0555. The molecule has 42 heavy (non-hydrogen) atoms. The number of nitrogens with zero attached hydrogens (tertiary/aromatic N) is 1. The molecule has 0 aliphatic carbocycles. The van der Waals surface area contributed by atoms with Gasteiger partial charge in [0.2, 0.25) is 0 Å². The molecule has 0 aromatic heterocycles. The number of benzene rings is 3. The lowest BCUT2D eigenvalue weighted by molar-refractivity contribution is 0.0629. The Bertz CT molecular complexity index is 1490. The number of nitrogens with one attached hydrogen (secondary N) is 2. The Morgan fingerprint density at radius 1 is 1.07 bits per heavy atom. The second kappa shape index (κ2) is 12.3. The van der Waals surface area contributed by atoms with E-state index in [-0.39, 0.29) is 12.6 Å². The summed E-state index contributed by atoms with van der Waals surface area (Å²) in [5.74, 6) is 0.910. The summed E-state index contributed by atoms with van der Waals surface area (Å²) in [4.78, 5) is 27.2. The molecule has 0 radical (unpaired) electrons. The quantitative estimate of drug-likeness (QED) is 0.289. The van der Waals surface area contributed by atoms with Gasteiger partial charge < -0.3 is 24.4 Å². The first kappa shape index (κ1) is 31.3. The Hall–Kier alpha value is -3.69. The summed E-state index contributed by atoms with van der Waals surface area (Å²) in [6.07, 6.45) is -0.116. The lowest BCUT2D eigenvalue weighted by atomic mass is 9.89. The Balaban J connectivity index is 1.51. The van der Waals surface area contributed by atoms with Crippen LogP contribution in [0.15, 0.2) is 54.6 Å². The van der Waals surface area contributed by atoms with Crippen LogP contribution in [0.4, 0.5) is 19.7 Å². The summed E-state index contributed by atoms with van der Waals surface area (Å²) in [6.45, 7) is 9.27. The molecule has 4 rings (SSSR count). The van der Waals surface area contributed by atoms with Crippen molar-refractivity contribution < 1.29 is 28.2 Å². The highest BCUT2D eigenvalue weighted by Gasteiger charge is 2.35. The van der Waals surface area contributed by atoms with Gasteiger partial charge in [-0.2, -0.15) is 0 Å². The molecule has 11 heteroatoms. The fraction of sp³-hybridized carbons (Fsp3) is 0.355. The topological polar surface area (TPSA) is 89.1 Å². The molecule has 1 aliphatic rings. The molecule has 3 aromatic carbocycles. The van der Waals surface area contributed by atoms with Gasteiger partial charge in [0, 0.05) is 36.3 Å². The number of rotatable bonds is 6. The number of anilines is 1. The van der Waals surface area contributed by atoms with Crippen molar-refractivity contribution in [1.29, 1.82) is 0 Å². The van der Waals surface area contributed by atoms with Crippen LogP contribution in [0.25, 0.3) is 0 Å². The first-order valence-corrected chi connectivity index (χ1v) is 14.1. The van der Waals surface area contributed by atoms with Crippen LogP contribution in [0.5, 0.6) is 17.2 Å². The van der Waals surface area contributed by atoms with Crippen molar-refractivity contribution in [3.05, 3.63) is 81.6 Å². The van der Waals surface area contributed by atoms with Gasteiger partial charge in [-0.25, -0.2) is 14.0 Å². The molecule has 0 bridgehead atoms. The first-order valence-electron chi connectivity index (χ1n) is 13.3. The molecule has 1 unspecified atom stereocenters. The molecule has 0 spiro atoms. The largest absolute Gasteiger partial charge is 0.487 e. The van der Waals surface area contributed by atoms with Crippen LogP contribution >= 0.6 is 23.2 Å². The molecule has 0 fully saturated rings. The van der Waals surface area contributed by atoms with E-state index in [9.17, 15) is 14.0 Å². The van der Waals surface area contributed by atoms with E-state index in [2.05, 4.69) is 10.6 Å². The van der Waals surface area contributed by atoms with Crippen LogP contribution in [-0.2, 0) is 11.3 Å². The van der Waals surface area contributed by atoms with Gasteiger partial charge in [-0.05, 0) is 83.1 Å². The normalized spacial score (nSPS) is 15.6. The summed E-state index contributed by atoms with van der Waals surface area (Å²) in [5.41, 5.74) is 0.450. The maximum Gasteiger partial charge on any atom is 0.412 e. The zero-order chi connectivity index (χ0) is 30.8. The van der Waals surface area contributed by atoms with E-state index in [0.29, 0.717) is 50.5 Å². The summed E-state index contributed by atoms with van der Waals surface area (Å²) >= 11 is 12.1. The highest BCUT2D eigenvalue weighted by Crippen LogP contribution is 2.41. The summed E-state index contributed by atoms with van der Waals surface area (Å²) < 4.78 is 31.7. The molecule has 0 saturated heterocycles. The lowest BCUT2D eigenvalue weighted by Gasteiger charge is -2.38. The SMILES string of the molecule is CN(Cc1cc(F)ccc1Oc1ccc(Cl)c(Cl)c1)C(=O)NC1CC(C)(C)Oc2ccc(NC(=O)OC(C)(C)C)cc21. The van der Waals surface area contributed by atoms with E-state index in [1.165, 1.54) is 23.1 Å². The molecule has 3 aromatic rings. The summed E-state index contributed by atoms with van der Waals surface area (Å²) in [5, 5.41) is 6.49. The van der Waals surface area contributed by atoms with Gasteiger partial charge >= 0.3 is 12.1 Å². The second-order valence-electron chi connectivity index (χ2n) is 11.7. The highest BCUT2D eigenvalue weighted by molar-refractivity contribution is 6.42. The minimum Gasteiger partial charge on any atom is -0.487 e. The van der Waals surface area contributed by atoms with Gasteiger partial charge in [0.25, 0.3) is 0 Å².